The van der Waals surface area contributed by atoms with Gasteiger partial charge in [0.25, 0.3) is 11.5 Å². The van der Waals surface area contributed by atoms with Gasteiger partial charge in [-0.15, -0.1) is 0 Å². The van der Waals surface area contributed by atoms with E-state index in [1.165, 1.54) is 40.1 Å². The Balaban J connectivity index is 1.21. The first-order chi connectivity index (χ1) is 21.4. The van der Waals surface area contributed by atoms with E-state index in [2.05, 4.69) is 4.98 Å². The van der Waals surface area contributed by atoms with Crippen LogP contribution >= 0.6 is 11.6 Å². The quantitative estimate of drug-likeness (QED) is 0.332. The number of halogens is 2. The molecule has 13 heteroatoms. The van der Waals surface area contributed by atoms with Crippen LogP contribution in [0.15, 0.2) is 59.7 Å². The number of carbonyl (C=O) groups excluding carboxylic acids is 1. The predicted molar refractivity (Wildman–Crippen MR) is 164 cm³/mol. The number of morpholine rings is 1. The number of nitrogens with zero attached hydrogens (tertiary/aromatic N) is 5. The Morgan fingerprint density at radius 1 is 1.13 bits per heavy atom. The van der Waals surface area contributed by atoms with Gasteiger partial charge in [0, 0.05) is 24.3 Å². The van der Waals surface area contributed by atoms with E-state index in [1.54, 1.807) is 15.5 Å². The summed E-state index contributed by atoms with van der Waals surface area (Å²) in [5, 5.41) is 21.7. The van der Waals surface area contributed by atoms with Gasteiger partial charge in [-0.25, -0.2) is 14.2 Å². The van der Waals surface area contributed by atoms with Gasteiger partial charge in [-0.1, -0.05) is 17.7 Å². The van der Waals surface area contributed by atoms with Crippen molar-refractivity contribution >= 4 is 34.6 Å². The fourth-order valence-corrected chi connectivity index (χ4v) is 6.55. The first-order valence-corrected chi connectivity index (χ1v) is 15.1. The summed E-state index contributed by atoms with van der Waals surface area (Å²) in [4.78, 5) is 45.8. The lowest BCUT2D eigenvalue weighted by Crippen LogP contribution is -2.49. The third-order valence-electron chi connectivity index (χ3n) is 8.76. The molecule has 236 valence electrons. The van der Waals surface area contributed by atoms with Crippen LogP contribution < -0.4 is 5.56 Å². The number of benzene rings is 2. The average molecular weight is 638 g/mol. The van der Waals surface area contributed by atoms with Crippen LogP contribution in [0.25, 0.3) is 16.7 Å². The maximum absolute atomic E-state index is 13.6. The second-order valence-electron chi connectivity index (χ2n) is 11.9. The Bertz CT molecular complexity index is 1830. The standard InChI is InChI=1S/C32H33ClFN5O6/c1-19-13-23(7-8-24(19)26-16-45-20(2)15-38(26)31(42)43)39-27(33)14-25-28(39)35-18-37(30(25)41)17-32(44)9-11-36(12-10-32)29(40)21-3-5-22(34)6-4-21/h3-8,13-14,18,20,26,44H,9-12,15-17H2,1-2H3,(H,42,43)/t20-,26-/m1/s1. The summed E-state index contributed by atoms with van der Waals surface area (Å²) in [7, 11) is 0. The molecule has 0 aliphatic carbocycles. The minimum absolute atomic E-state index is 0.00783. The molecular weight excluding hydrogens is 605 g/mol. The lowest BCUT2D eigenvalue weighted by Gasteiger charge is -2.38. The average Bonchev–Trinajstić information content (AvgIpc) is 3.35. The molecule has 2 atom stereocenters. The SMILES string of the molecule is Cc1cc(-n2c(Cl)cc3c(=O)n(CC4(O)CCN(C(=O)c5ccc(F)cc5)CC4)cnc32)ccc1[C@H]1CO[C@H](C)CN1C(=O)O. The summed E-state index contributed by atoms with van der Waals surface area (Å²) < 4.78 is 22.0. The summed E-state index contributed by atoms with van der Waals surface area (Å²) >= 11 is 6.63. The molecule has 2 aliphatic heterocycles. The molecule has 0 unspecified atom stereocenters. The zero-order valence-electron chi connectivity index (χ0n) is 24.8. The second kappa shape index (κ2) is 11.9. The minimum atomic E-state index is -1.23. The molecule has 6 rings (SSSR count). The van der Waals surface area contributed by atoms with Gasteiger partial charge < -0.3 is 19.8 Å². The molecule has 2 aliphatic rings. The number of amides is 2. The van der Waals surface area contributed by atoms with Gasteiger partial charge in [-0.2, -0.15) is 0 Å². The molecule has 0 bridgehead atoms. The van der Waals surface area contributed by atoms with Gasteiger partial charge >= 0.3 is 6.09 Å². The van der Waals surface area contributed by atoms with E-state index in [0.717, 1.165) is 11.1 Å². The highest BCUT2D eigenvalue weighted by atomic mass is 35.5. The van der Waals surface area contributed by atoms with Crippen LogP contribution in [-0.2, 0) is 11.3 Å². The van der Waals surface area contributed by atoms with Crippen molar-refractivity contribution in [3.63, 3.8) is 0 Å². The number of fused-ring (bicyclic) bond motifs is 1. The number of hydrogen-bond donors (Lipinski definition) is 2. The summed E-state index contributed by atoms with van der Waals surface area (Å²) in [5.41, 5.74) is 1.43. The smallest absolute Gasteiger partial charge is 0.407 e. The van der Waals surface area contributed by atoms with E-state index in [-0.39, 0.29) is 73.7 Å². The van der Waals surface area contributed by atoms with Crippen molar-refractivity contribution in [2.75, 3.05) is 26.2 Å². The number of aliphatic hydroxyl groups is 1. The van der Waals surface area contributed by atoms with Crippen molar-refractivity contribution in [3.05, 3.63) is 92.9 Å². The van der Waals surface area contributed by atoms with Crippen LogP contribution in [0.3, 0.4) is 0 Å². The zero-order valence-corrected chi connectivity index (χ0v) is 25.6. The predicted octanol–water partition coefficient (Wildman–Crippen LogP) is 4.40. The molecule has 2 aromatic carbocycles. The van der Waals surface area contributed by atoms with Gasteiger partial charge in [0.15, 0.2) is 5.65 Å². The summed E-state index contributed by atoms with van der Waals surface area (Å²) in [5.74, 6) is -0.661. The largest absolute Gasteiger partial charge is 0.465 e. The molecule has 4 heterocycles. The molecule has 2 fully saturated rings. The van der Waals surface area contributed by atoms with Crippen molar-refractivity contribution < 1.29 is 28.9 Å². The summed E-state index contributed by atoms with van der Waals surface area (Å²) in [6, 6.07) is 12.0. The number of ether oxygens (including phenoxy) is 1. The first kappa shape index (κ1) is 30.8. The third-order valence-corrected chi connectivity index (χ3v) is 9.04. The number of piperidine rings is 1. The highest BCUT2D eigenvalue weighted by Gasteiger charge is 2.36. The monoisotopic (exact) mass is 637 g/mol. The Morgan fingerprint density at radius 2 is 1.84 bits per heavy atom. The molecule has 2 aromatic heterocycles. The van der Waals surface area contributed by atoms with Gasteiger partial charge in [-0.3, -0.25) is 23.6 Å². The van der Waals surface area contributed by atoms with Crippen molar-refractivity contribution in [1.82, 2.24) is 23.9 Å². The van der Waals surface area contributed by atoms with E-state index >= 15 is 0 Å². The van der Waals surface area contributed by atoms with E-state index in [0.29, 0.717) is 16.9 Å². The number of carboxylic acid groups (broad SMARTS) is 1. The van der Waals surface area contributed by atoms with Gasteiger partial charge in [-0.05, 0) is 80.3 Å². The Labute approximate surface area is 263 Å². The first-order valence-electron chi connectivity index (χ1n) is 14.7. The summed E-state index contributed by atoms with van der Waals surface area (Å²) in [6.07, 6.45) is 0.692. The van der Waals surface area contributed by atoms with Crippen molar-refractivity contribution in [3.8, 4) is 5.69 Å². The van der Waals surface area contributed by atoms with Crippen LogP contribution in [0.4, 0.5) is 9.18 Å². The van der Waals surface area contributed by atoms with E-state index < -0.39 is 23.6 Å². The fourth-order valence-electron chi connectivity index (χ4n) is 6.26. The molecule has 4 aromatic rings. The lowest BCUT2D eigenvalue weighted by molar-refractivity contribution is -0.0466. The Morgan fingerprint density at radius 3 is 2.51 bits per heavy atom. The number of aryl methyl sites for hydroxylation is 1. The van der Waals surface area contributed by atoms with Crippen LogP contribution in [0, 0.1) is 12.7 Å². The normalized spacial score (nSPS) is 20.0. The number of rotatable bonds is 5. The molecule has 0 radical (unpaired) electrons. The number of likely N-dealkylation sites (tertiary alicyclic amines) is 1. The third kappa shape index (κ3) is 5.92. The van der Waals surface area contributed by atoms with Crippen molar-refractivity contribution in [1.29, 1.82) is 0 Å². The van der Waals surface area contributed by atoms with E-state index in [4.69, 9.17) is 16.3 Å². The molecular formula is C32H33ClFN5O6. The Hall–Kier alpha value is -4.26. The maximum Gasteiger partial charge on any atom is 0.407 e. The Kier molecular flexibility index (Phi) is 8.14. The van der Waals surface area contributed by atoms with E-state index in [1.807, 2.05) is 32.0 Å². The highest BCUT2D eigenvalue weighted by Crippen LogP contribution is 2.32. The van der Waals surface area contributed by atoms with Gasteiger partial charge in [0.05, 0.1) is 42.8 Å². The molecule has 0 spiro atoms. The second-order valence-corrected chi connectivity index (χ2v) is 12.3. The fraction of sp³-hybridized carbons (Fsp3) is 0.375. The molecule has 11 nitrogen and oxygen atoms in total. The number of carbonyl (C=O) groups is 2. The molecule has 2 amide bonds. The zero-order chi connectivity index (χ0) is 32.0. The highest BCUT2D eigenvalue weighted by molar-refractivity contribution is 6.31. The molecule has 2 saturated heterocycles. The van der Waals surface area contributed by atoms with E-state index in [9.17, 15) is 29.0 Å². The van der Waals surface area contributed by atoms with Crippen LogP contribution in [0.2, 0.25) is 5.15 Å². The van der Waals surface area contributed by atoms with Crippen LogP contribution in [0.1, 0.15) is 47.3 Å². The van der Waals surface area contributed by atoms with Crippen molar-refractivity contribution in [2.45, 2.75) is 51.0 Å². The lowest BCUT2D eigenvalue weighted by atomic mass is 9.91. The van der Waals surface area contributed by atoms with Gasteiger partial charge in [0.2, 0.25) is 0 Å². The molecule has 0 saturated carbocycles. The van der Waals surface area contributed by atoms with Crippen LogP contribution in [0.5, 0.6) is 0 Å². The summed E-state index contributed by atoms with van der Waals surface area (Å²) in [6.45, 7) is 4.80. The van der Waals surface area contributed by atoms with Crippen LogP contribution in [-0.4, -0.2) is 84.1 Å². The molecule has 2 N–H and O–H groups in total. The van der Waals surface area contributed by atoms with Crippen molar-refractivity contribution in [2.24, 2.45) is 0 Å². The van der Waals surface area contributed by atoms with Gasteiger partial charge in [0.1, 0.15) is 17.3 Å². The molecule has 45 heavy (non-hydrogen) atoms. The maximum atomic E-state index is 13.6. The topological polar surface area (TPSA) is 130 Å². The minimum Gasteiger partial charge on any atom is -0.465 e. The number of hydrogen-bond acceptors (Lipinski definition) is 6. The number of aromatic nitrogens is 3.